The van der Waals surface area contributed by atoms with Crippen LogP contribution in [-0.4, -0.2) is 4.92 Å². The zero-order chi connectivity index (χ0) is 10.0. The lowest BCUT2D eigenvalue weighted by Crippen LogP contribution is -1.96. The van der Waals surface area contributed by atoms with Crippen molar-refractivity contribution in [2.75, 3.05) is 0 Å². The molecule has 0 spiro atoms. The molecule has 0 radical (unpaired) electrons. The lowest BCUT2D eigenvalue weighted by atomic mass is 10.2. The minimum atomic E-state index is -0.607. The molecule has 0 aliphatic rings. The summed E-state index contributed by atoms with van der Waals surface area (Å²) in [6.45, 7) is 0. The number of nitro groups is 1. The van der Waals surface area contributed by atoms with Crippen LogP contribution in [0.4, 0.5) is 10.1 Å². The van der Waals surface area contributed by atoms with E-state index in [4.69, 9.17) is 0 Å². The molecule has 0 amide bonds. The first-order valence-electron chi connectivity index (χ1n) is 3.24. The summed E-state index contributed by atoms with van der Waals surface area (Å²) in [6.07, 6.45) is 0. The Morgan fingerprint density at radius 2 is 2.15 bits per heavy atom. The van der Waals surface area contributed by atoms with Crippen molar-refractivity contribution in [1.82, 2.24) is 0 Å². The van der Waals surface area contributed by atoms with Gasteiger partial charge in [0, 0.05) is 15.9 Å². The number of nitro benzene ring substituents is 1. The number of alkyl halides is 1. The van der Waals surface area contributed by atoms with Gasteiger partial charge in [-0.1, -0.05) is 31.9 Å². The molecule has 0 atom stereocenters. The van der Waals surface area contributed by atoms with Gasteiger partial charge in [0.05, 0.1) is 10.5 Å². The molecule has 1 aromatic carbocycles. The maximum absolute atomic E-state index is 13.1. The summed E-state index contributed by atoms with van der Waals surface area (Å²) in [7, 11) is 0. The van der Waals surface area contributed by atoms with Crippen molar-refractivity contribution in [2.24, 2.45) is 0 Å². The van der Waals surface area contributed by atoms with Crippen molar-refractivity contribution in [3.05, 3.63) is 38.1 Å². The summed E-state index contributed by atoms with van der Waals surface area (Å²) in [5, 5.41) is 10.6. The average molecular weight is 313 g/mol. The van der Waals surface area contributed by atoms with Gasteiger partial charge in [-0.15, -0.1) is 0 Å². The number of hydrogen-bond acceptors (Lipinski definition) is 2. The largest absolute Gasteiger partial charge is 0.277 e. The van der Waals surface area contributed by atoms with Gasteiger partial charge >= 0.3 is 0 Å². The first kappa shape index (κ1) is 10.6. The second-order valence-electron chi connectivity index (χ2n) is 2.28. The Morgan fingerprint density at radius 3 is 2.62 bits per heavy atom. The van der Waals surface area contributed by atoms with Crippen LogP contribution in [0.5, 0.6) is 0 Å². The smallest absolute Gasteiger partial charge is 0.258 e. The molecule has 1 aromatic rings. The molecule has 0 N–H and O–H groups in total. The van der Waals surface area contributed by atoms with Crippen LogP contribution in [0.1, 0.15) is 5.56 Å². The van der Waals surface area contributed by atoms with Crippen LogP contribution in [0.3, 0.4) is 0 Å². The highest BCUT2D eigenvalue weighted by Gasteiger charge is 2.17. The molecule has 0 saturated carbocycles. The molecule has 3 nitrogen and oxygen atoms in total. The van der Waals surface area contributed by atoms with Crippen LogP contribution in [-0.2, 0) is 5.33 Å². The SMILES string of the molecule is O=[N+]([O-])c1cc(Br)cc(F)c1CBr. The molecular weight excluding hydrogens is 309 g/mol. The Morgan fingerprint density at radius 1 is 1.54 bits per heavy atom. The average Bonchev–Trinajstić information content (AvgIpc) is 2.02. The number of hydrogen-bond donors (Lipinski definition) is 0. The van der Waals surface area contributed by atoms with Crippen molar-refractivity contribution in [1.29, 1.82) is 0 Å². The molecule has 0 aliphatic heterocycles. The van der Waals surface area contributed by atoms with Crippen LogP contribution < -0.4 is 0 Å². The Bertz CT molecular complexity index is 357. The van der Waals surface area contributed by atoms with E-state index in [-0.39, 0.29) is 16.6 Å². The van der Waals surface area contributed by atoms with E-state index >= 15 is 0 Å². The van der Waals surface area contributed by atoms with Gasteiger partial charge in [0.25, 0.3) is 5.69 Å². The molecule has 6 heteroatoms. The normalized spacial score (nSPS) is 10.1. The van der Waals surface area contributed by atoms with Crippen molar-refractivity contribution < 1.29 is 9.31 Å². The minimum Gasteiger partial charge on any atom is -0.258 e. The third-order valence-corrected chi connectivity index (χ3v) is 2.49. The maximum atomic E-state index is 13.1. The summed E-state index contributed by atoms with van der Waals surface area (Å²) < 4.78 is 13.5. The molecule has 0 heterocycles. The summed E-state index contributed by atoms with van der Waals surface area (Å²) in [5.41, 5.74) is -0.156. The van der Waals surface area contributed by atoms with Gasteiger partial charge in [-0.25, -0.2) is 4.39 Å². The van der Waals surface area contributed by atoms with Crippen LogP contribution in [0.15, 0.2) is 16.6 Å². The number of nitrogens with zero attached hydrogens (tertiary/aromatic N) is 1. The number of rotatable bonds is 2. The Kier molecular flexibility index (Phi) is 3.38. The third-order valence-electron chi connectivity index (χ3n) is 1.47. The number of benzene rings is 1. The zero-order valence-electron chi connectivity index (χ0n) is 6.26. The molecule has 0 unspecified atom stereocenters. The van der Waals surface area contributed by atoms with Crippen molar-refractivity contribution in [3.63, 3.8) is 0 Å². The second kappa shape index (κ2) is 4.15. The zero-order valence-corrected chi connectivity index (χ0v) is 9.43. The molecule has 0 bridgehead atoms. The van der Waals surface area contributed by atoms with E-state index in [1.165, 1.54) is 12.1 Å². The van der Waals surface area contributed by atoms with Gasteiger partial charge in [0.15, 0.2) is 0 Å². The molecule has 0 saturated heterocycles. The van der Waals surface area contributed by atoms with Gasteiger partial charge in [-0.2, -0.15) is 0 Å². The van der Waals surface area contributed by atoms with Crippen LogP contribution >= 0.6 is 31.9 Å². The maximum Gasteiger partial charge on any atom is 0.277 e. The Hall–Kier alpha value is -0.490. The fourth-order valence-electron chi connectivity index (χ4n) is 0.885. The van der Waals surface area contributed by atoms with Gasteiger partial charge < -0.3 is 0 Å². The summed E-state index contributed by atoms with van der Waals surface area (Å²) in [4.78, 5) is 9.88. The quantitative estimate of drug-likeness (QED) is 0.477. The highest BCUT2D eigenvalue weighted by molar-refractivity contribution is 9.10. The highest BCUT2D eigenvalue weighted by atomic mass is 79.9. The summed E-state index contributed by atoms with van der Waals surface area (Å²) in [5.74, 6) is -0.585. The van der Waals surface area contributed by atoms with Gasteiger partial charge in [0.2, 0.25) is 0 Å². The van der Waals surface area contributed by atoms with Gasteiger partial charge in [-0.05, 0) is 6.07 Å². The van der Waals surface area contributed by atoms with Crippen LogP contribution in [0.2, 0.25) is 0 Å². The standard InChI is InChI=1S/C7H4Br2FNO2/c8-3-5-6(10)1-4(9)2-7(5)11(12)13/h1-2H,3H2. The lowest BCUT2D eigenvalue weighted by molar-refractivity contribution is -0.385. The van der Waals surface area contributed by atoms with E-state index in [9.17, 15) is 14.5 Å². The van der Waals surface area contributed by atoms with Crippen LogP contribution in [0, 0.1) is 15.9 Å². The third kappa shape index (κ3) is 2.25. The fraction of sp³-hybridized carbons (Fsp3) is 0.143. The van der Waals surface area contributed by atoms with E-state index in [0.29, 0.717) is 4.47 Å². The molecule has 0 aromatic heterocycles. The van der Waals surface area contributed by atoms with E-state index in [0.717, 1.165) is 0 Å². The van der Waals surface area contributed by atoms with Crippen LogP contribution in [0.25, 0.3) is 0 Å². The van der Waals surface area contributed by atoms with Gasteiger partial charge in [-0.3, -0.25) is 10.1 Å². The number of halogens is 3. The fourth-order valence-corrected chi connectivity index (χ4v) is 1.86. The topological polar surface area (TPSA) is 43.1 Å². The van der Waals surface area contributed by atoms with Gasteiger partial charge in [0.1, 0.15) is 5.82 Å². The minimum absolute atomic E-state index is 0.0631. The lowest BCUT2D eigenvalue weighted by Gasteiger charge is -2.01. The summed E-state index contributed by atoms with van der Waals surface area (Å²) >= 11 is 5.98. The van der Waals surface area contributed by atoms with Crippen molar-refractivity contribution in [2.45, 2.75) is 5.33 Å². The van der Waals surface area contributed by atoms with Crippen molar-refractivity contribution >= 4 is 37.5 Å². The van der Waals surface area contributed by atoms with Crippen molar-refractivity contribution in [3.8, 4) is 0 Å². The molecule has 1 rings (SSSR count). The Balaban J connectivity index is 3.38. The molecule has 0 fully saturated rings. The Labute approximate surface area is 90.3 Å². The van der Waals surface area contributed by atoms with E-state index in [1.54, 1.807) is 0 Å². The highest BCUT2D eigenvalue weighted by Crippen LogP contribution is 2.28. The predicted molar refractivity (Wildman–Crippen MR) is 53.4 cm³/mol. The monoisotopic (exact) mass is 311 g/mol. The molecule has 70 valence electrons. The first-order valence-corrected chi connectivity index (χ1v) is 5.16. The van der Waals surface area contributed by atoms with E-state index in [2.05, 4.69) is 31.9 Å². The predicted octanol–water partition coefficient (Wildman–Crippen LogP) is 3.39. The first-order chi connectivity index (χ1) is 6.06. The molecule has 13 heavy (non-hydrogen) atoms. The molecule has 0 aliphatic carbocycles. The molecular formula is C7H4Br2FNO2. The summed E-state index contributed by atoms with van der Waals surface area (Å²) in [6, 6.07) is 2.48. The second-order valence-corrected chi connectivity index (χ2v) is 3.75. The van der Waals surface area contributed by atoms with E-state index < -0.39 is 10.7 Å². The van der Waals surface area contributed by atoms with E-state index in [1.807, 2.05) is 0 Å².